The maximum Gasteiger partial charge on any atom is 0.160 e. The van der Waals surface area contributed by atoms with Gasteiger partial charge in [0.1, 0.15) is 17.2 Å². The van der Waals surface area contributed by atoms with Gasteiger partial charge in [0, 0.05) is 18.7 Å². The number of hydrogen-bond acceptors (Lipinski definition) is 3. The number of nitrogens with zero attached hydrogens (tertiary/aromatic N) is 3. The summed E-state index contributed by atoms with van der Waals surface area (Å²) < 4.78 is 15.6. The lowest BCUT2D eigenvalue weighted by Gasteiger charge is -2.13. The van der Waals surface area contributed by atoms with E-state index in [4.69, 9.17) is 4.98 Å². The van der Waals surface area contributed by atoms with Crippen molar-refractivity contribution in [2.45, 2.75) is 18.9 Å². The van der Waals surface area contributed by atoms with Crippen LogP contribution >= 0.6 is 0 Å². The van der Waals surface area contributed by atoms with E-state index in [-0.39, 0.29) is 5.82 Å². The van der Waals surface area contributed by atoms with Gasteiger partial charge in [-0.05, 0) is 42.8 Å². The maximum absolute atomic E-state index is 13.5. The molecule has 5 heteroatoms. The van der Waals surface area contributed by atoms with E-state index in [1.54, 1.807) is 18.3 Å². The van der Waals surface area contributed by atoms with E-state index in [1.807, 2.05) is 18.2 Å². The van der Waals surface area contributed by atoms with Crippen molar-refractivity contribution in [1.82, 2.24) is 19.9 Å². The minimum absolute atomic E-state index is 0.209. The third-order valence-electron chi connectivity index (χ3n) is 4.19. The SMILES string of the molecule is Fc1cccc(Cn2c(C3CCNC3)nc3cccnc32)c1. The van der Waals surface area contributed by atoms with Crippen molar-refractivity contribution in [2.75, 3.05) is 13.1 Å². The van der Waals surface area contributed by atoms with Gasteiger partial charge in [-0.15, -0.1) is 0 Å². The molecule has 1 aliphatic rings. The minimum atomic E-state index is -0.209. The first kappa shape index (κ1) is 13.4. The van der Waals surface area contributed by atoms with Crippen molar-refractivity contribution in [2.24, 2.45) is 0 Å². The summed E-state index contributed by atoms with van der Waals surface area (Å²) in [5.74, 6) is 1.23. The van der Waals surface area contributed by atoms with Crippen LogP contribution in [-0.4, -0.2) is 27.6 Å². The number of fused-ring (bicyclic) bond motifs is 1. The molecule has 1 unspecified atom stereocenters. The Labute approximate surface area is 128 Å². The first-order chi connectivity index (χ1) is 10.8. The summed E-state index contributed by atoms with van der Waals surface area (Å²) in [6.45, 7) is 2.55. The average Bonchev–Trinajstić information content (AvgIpc) is 3.15. The summed E-state index contributed by atoms with van der Waals surface area (Å²) in [5, 5.41) is 3.38. The van der Waals surface area contributed by atoms with Gasteiger partial charge < -0.3 is 9.88 Å². The van der Waals surface area contributed by atoms with Gasteiger partial charge in [0.15, 0.2) is 5.65 Å². The van der Waals surface area contributed by atoms with Gasteiger partial charge in [-0.25, -0.2) is 14.4 Å². The summed E-state index contributed by atoms with van der Waals surface area (Å²) in [7, 11) is 0. The van der Waals surface area contributed by atoms with Gasteiger partial charge in [-0.1, -0.05) is 12.1 Å². The second-order valence-electron chi connectivity index (χ2n) is 5.72. The van der Waals surface area contributed by atoms with Crippen LogP contribution in [0.4, 0.5) is 4.39 Å². The van der Waals surface area contributed by atoms with Crippen molar-refractivity contribution < 1.29 is 4.39 Å². The Bertz CT molecular complexity index is 805. The molecule has 1 N–H and O–H groups in total. The summed E-state index contributed by atoms with van der Waals surface area (Å²) in [5.41, 5.74) is 2.70. The summed E-state index contributed by atoms with van der Waals surface area (Å²) in [4.78, 5) is 9.26. The first-order valence-electron chi connectivity index (χ1n) is 7.57. The number of rotatable bonds is 3. The highest BCUT2D eigenvalue weighted by atomic mass is 19.1. The first-order valence-corrected chi connectivity index (χ1v) is 7.57. The fourth-order valence-corrected chi connectivity index (χ4v) is 3.14. The molecule has 3 aromatic rings. The highest BCUT2D eigenvalue weighted by Gasteiger charge is 2.24. The van der Waals surface area contributed by atoms with Crippen LogP contribution in [0, 0.1) is 5.82 Å². The molecule has 1 fully saturated rings. The molecule has 4 rings (SSSR count). The van der Waals surface area contributed by atoms with E-state index < -0.39 is 0 Å². The van der Waals surface area contributed by atoms with Crippen LogP contribution in [0.25, 0.3) is 11.2 Å². The molecule has 4 nitrogen and oxygen atoms in total. The van der Waals surface area contributed by atoms with E-state index in [0.29, 0.717) is 12.5 Å². The smallest absolute Gasteiger partial charge is 0.160 e. The molecule has 112 valence electrons. The molecule has 1 atom stereocenters. The van der Waals surface area contributed by atoms with Gasteiger partial charge >= 0.3 is 0 Å². The van der Waals surface area contributed by atoms with Crippen molar-refractivity contribution in [3.8, 4) is 0 Å². The fourth-order valence-electron chi connectivity index (χ4n) is 3.14. The van der Waals surface area contributed by atoms with Gasteiger partial charge in [0.2, 0.25) is 0 Å². The van der Waals surface area contributed by atoms with Gasteiger partial charge in [0.25, 0.3) is 0 Å². The van der Waals surface area contributed by atoms with Gasteiger partial charge in [-0.2, -0.15) is 0 Å². The topological polar surface area (TPSA) is 42.7 Å². The van der Waals surface area contributed by atoms with E-state index in [9.17, 15) is 4.39 Å². The number of pyridine rings is 1. The number of benzene rings is 1. The third kappa shape index (κ3) is 2.37. The van der Waals surface area contributed by atoms with Crippen LogP contribution in [0.15, 0.2) is 42.6 Å². The van der Waals surface area contributed by atoms with Gasteiger partial charge in [0.05, 0.1) is 6.54 Å². The molecule has 2 aromatic heterocycles. The van der Waals surface area contributed by atoms with Crippen LogP contribution in [0.2, 0.25) is 0 Å². The summed E-state index contributed by atoms with van der Waals surface area (Å²) >= 11 is 0. The van der Waals surface area contributed by atoms with Crippen molar-refractivity contribution in [1.29, 1.82) is 0 Å². The van der Waals surface area contributed by atoms with E-state index in [1.165, 1.54) is 6.07 Å². The van der Waals surface area contributed by atoms with Crippen LogP contribution in [-0.2, 0) is 6.54 Å². The fraction of sp³-hybridized carbons (Fsp3) is 0.294. The highest BCUT2D eigenvalue weighted by Crippen LogP contribution is 2.26. The van der Waals surface area contributed by atoms with E-state index >= 15 is 0 Å². The van der Waals surface area contributed by atoms with Crippen molar-refractivity contribution in [3.05, 3.63) is 59.8 Å². The Morgan fingerprint density at radius 1 is 1.27 bits per heavy atom. The lowest BCUT2D eigenvalue weighted by Crippen LogP contribution is -2.13. The molecule has 1 saturated heterocycles. The zero-order valence-corrected chi connectivity index (χ0v) is 12.2. The molecule has 0 aliphatic carbocycles. The monoisotopic (exact) mass is 296 g/mol. The molecule has 0 bridgehead atoms. The molecule has 0 amide bonds. The van der Waals surface area contributed by atoms with Crippen LogP contribution in [0.5, 0.6) is 0 Å². The summed E-state index contributed by atoms with van der Waals surface area (Å²) in [6, 6.07) is 10.6. The van der Waals surface area contributed by atoms with Crippen molar-refractivity contribution >= 4 is 11.2 Å². The Hall–Kier alpha value is -2.27. The number of imidazole rings is 1. The van der Waals surface area contributed by atoms with Gasteiger partial charge in [-0.3, -0.25) is 0 Å². The lowest BCUT2D eigenvalue weighted by atomic mass is 10.1. The minimum Gasteiger partial charge on any atom is -0.316 e. The number of hydrogen-bond donors (Lipinski definition) is 1. The predicted octanol–water partition coefficient (Wildman–Crippen LogP) is 2.70. The zero-order valence-electron chi connectivity index (χ0n) is 12.2. The molecule has 1 aromatic carbocycles. The molecular weight excluding hydrogens is 279 g/mol. The normalized spacial score (nSPS) is 18.1. The highest BCUT2D eigenvalue weighted by molar-refractivity contribution is 5.71. The molecule has 3 heterocycles. The zero-order chi connectivity index (χ0) is 14.9. The maximum atomic E-state index is 13.5. The Morgan fingerprint density at radius 3 is 3.05 bits per heavy atom. The number of halogens is 1. The Morgan fingerprint density at radius 2 is 2.23 bits per heavy atom. The van der Waals surface area contributed by atoms with E-state index in [2.05, 4.69) is 14.9 Å². The molecule has 0 spiro atoms. The van der Waals surface area contributed by atoms with Crippen LogP contribution in [0.3, 0.4) is 0 Å². The quantitative estimate of drug-likeness (QED) is 0.808. The standard InChI is InChI=1S/C17H17FN4/c18-14-4-1-3-12(9-14)11-22-16(13-6-8-19-10-13)21-15-5-2-7-20-17(15)22/h1-5,7,9,13,19H,6,8,10-11H2. The second-order valence-corrected chi connectivity index (χ2v) is 5.72. The molecule has 22 heavy (non-hydrogen) atoms. The molecule has 0 saturated carbocycles. The Balaban J connectivity index is 1.81. The van der Waals surface area contributed by atoms with E-state index in [0.717, 1.165) is 42.1 Å². The van der Waals surface area contributed by atoms with Crippen LogP contribution < -0.4 is 5.32 Å². The third-order valence-corrected chi connectivity index (χ3v) is 4.19. The number of nitrogens with one attached hydrogen (secondary N) is 1. The largest absolute Gasteiger partial charge is 0.316 e. The molecule has 1 aliphatic heterocycles. The predicted molar refractivity (Wildman–Crippen MR) is 83.3 cm³/mol. The Kier molecular flexibility index (Phi) is 3.35. The van der Waals surface area contributed by atoms with Crippen LogP contribution in [0.1, 0.15) is 23.7 Å². The molecular formula is C17H17FN4. The lowest BCUT2D eigenvalue weighted by molar-refractivity contribution is 0.616. The molecule has 0 radical (unpaired) electrons. The number of aromatic nitrogens is 3. The summed E-state index contributed by atoms with van der Waals surface area (Å²) in [6.07, 6.45) is 2.86. The second kappa shape index (κ2) is 5.50. The van der Waals surface area contributed by atoms with Crippen molar-refractivity contribution in [3.63, 3.8) is 0 Å². The average molecular weight is 296 g/mol.